The predicted octanol–water partition coefficient (Wildman–Crippen LogP) is 3.20. The molecule has 0 bridgehead atoms. The van der Waals surface area contributed by atoms with E-state index in [0.29, 0.717) is 49.4 Å². The second kappa shape index (κ2) is 9.97. The largest absolute Gasteiger partial charge is 0.481 e. The zero-order valence-electron chi connectivity index (χ0n) is 20.2. The van der Waals surface area contributed by atoms with Crippen LogP contribution >= 0.6 is 0 Å². The lowest BCUT2D eigenvalue weighted by Gasteiger charge is -2.35. The van der Waals surface area contributed by atoms with E-state index in [2.05, 4.69) is 14.9 Å². The first-order valence-electron chi connectivity index (χ1n) is 12.1. The molecule has 1 amide bonds. The summed E-state index contributed by atoms with van der Waals surface area (Å²) in [4.78, 5) is 30.5. The third-order valence-electron chi connectivity index (χ3n) is 6.91. The Morgan fingerprint density at radius 1 is 1.11 bits per heavy atom. The molecule has 5 rings (SSSR count). The van der Waals surface area contributed by atoms with Crippen LogP contribution < -0.4 is 9.64 Å². The maximum atomic E-state index is 13.8. The lowest BCUT2D eigenvalue weighted by molar-refractivity contribution is -0.132. The summed E-state index contributed by atoms with van der Waals surface area (Å²) >= 11 is 0. The Bertz CT molecular complexity index is 1200. The summed E-state index contributed by atoms with van der Waals surface area (Å²) in [5.74, 6) is 2.80. The van der Waals surface area contributed by atoms with Crippen LogP contribution in [0.2, 0.25) is 0 Å². The highest BCUT2D eigenvalue weighted by Crippen LogP contribution is 2.34. The zero-order chi connectivity index (χ0) is 24.4. The van der Waals surface area contributed by atoms with E-state index in [1.807, 2.05) is 4.90 Å². The van der Waals surface area contributed by atoms with Gasteiger partial charge in [0, 0.05) is 43.7 Å². The molecule has 2 aromatic heterocycles. The number of aryl methyl sites for hydroxylation is 1. The molecule has 1 aromatic carbocycles. The fraction of sp³-hybridized carbons (Fsp3) is 0.480. The molecule has 0 atom stereocenters. The molecule has 2 aliphatic rings. The maximum Gasteiger partial charge on any atom is 0.244 e. The summed E-state index contributed by atoms with van der Waals surface area (Å²) in [5, 5.41) is 4.71. The summed E-state index contributed by atoms with van der Waals surface area (Å²) in [6.45, 7) is 4.44. The Hall–Kier alpha value is -3.56. The molecule has 1 saturated heterocycles. The average molecular weight is 480 g/mol. The summed E-state index contributed by atoms with van der Waals surface area (Å²) in [7, 11) is 1.58. The first-order valence-corrected chi connectivity index (χ1v) is 12.1. The van der Waals surface area contributed by atoms with Crippen LogP contribution in [0.4, 0.5) is 10.2 Å². The van der Waals surface area contributed by atoms with Crippen molar-refractivity contribution in [2.24, 2.45) is 0 Å². The van der Waals surface area contributed by atoms with Crippen LogP contribution in [0.5, 0.6) is 5.88 Å². The molecule has 0 unspecified atom stereocenters. The van der Waals surface area contributed by atoms with E-state index < -0.39 is 0 Å². The molecule has 1 saturated carbocycles. The van der Waals surface area contributed by atoms with E-state index in [0.717, 1.165) is 42.9 Å². The first-order chi connectivity index (χ1) is 17.0. The van der Waals surface area contributed by atoms with Crippen molar-refractivity contribution in [1.29, 1.82) is 0 Å². The van der Waals surface area contributed by atoms with Gasteiger partial charge in [-0.1, -0.05) is 12.8 Å². The number of carbonyl (C=O) groups excluding carboxylic acids is 1. The molecule has 1 aliphatic heterocycles. The fourth-order valence-corrected chi connectivity index (χ4v) is 4.89. The minimum absolute atomic E-state index is 0.0240. The highest BCUT2D eigenvalue weighted by atomic mass is 19.1. The van der Waals surface area contributed by atoms with Crippen molar-refractivity contribution in [3.05, 3.63) is 47.8 Å². The second-order valence-electron chi connectivity index (χ2n) is 9.18. The molecule has 0 spiro atoms. The number of halogens is 1. The Balaban J connectivity index is 1.30. The van der Waals surface area contributed by atoms with Crippen LogP contribution in [0.25, 0.3) is 11.4 Å². The maximum absolute atomic E-state index is 13.8. The number of carbonyl (C=O) groups is 1. The molecular weight excluding hydrogens is 449 g/mol. The van der Waals surface area contributed by atoms with Gasteiger partial charge in [-0.2, -0.15) is 5.10 Å². The van der Waals surface area contributed by atoms with Crippen molar-refractivity contribution in [2.45, 2.75) is 45.1 Å². The summed E-state index contributed by atoms with van der Waals surface area (Å²) < 4.78 is 20.7. The minimum Gasteiger partial charge on any atom is -0.481 e. The molecular formula is C25H30FN7O2. The standard InChI is InChI=1S/C25H30FN7O2/c1-17-13-19(7-8-20(17)26)24-29-25(18-5-3-4-6-18)33(30-24)15-23(34)32-11-9-31(10-12-32)21-14-22(35-2)28-16-27-21/h7-8,13-14,16,18H,3-6,9-12,15H2,1-2H3. The quantitative estimate of drug-likeness (QED) is 0.536. The van der Waals surface area contributed by atoms with Crippen LogP contribution in [-0.2, 0) is 11.3 Å². The number of methoxy groups -OCH3 is 1. The van der Waals surface area contributed by atoms with Gasteiger partial charge in [0.25, 0.3) is 0 Å². The second-order valence-corrected chi connectivity index (χ2v) is 9.18. The van der Waals surface area contributed by atoms with Crippen LogP contribution in [-0.4, -0.2) is 68.8 Å². The number of nitrogens with zero attached hydrogens (tertiary/aromatic N) is 7. The summed E-state index contributed by atoms with van der Waals surface area (Å²) in [5.41, 5.74) is 1.32. The molecule has 3 aromatic rings. The highest BCUT2D eigenvalue weighted by molar-refractivity contribution is 5.76. The number of amides is 1. The minimum atomic E-state index is -0.251. The molecule has 184 valence electrons. The third-order valence-corrected chi connectivity index (χ3v) is 6.91. The van der Waals surface area contributed by atoms with E-state index in [-0.39, 0.29) is 18.3 Å². The molecule has 0 radical (unpaired) electrons. The number of piperazine rings is 1. The number of aromatic nitrogens is 5. The third kappa shape index (κ3) is 4.96. The van der Waals surface area contributed by atoms with E-state index in [9.17, 15) is 9.18 Å². The normalized spacial score (nSPS) is 16.7. The molecule has 3 heterocycles. The van der Waals surface area contributed by atoms with Gasteiger partial charge in [0.2, 0.25) is 11.8 Å². The molecule has 35 heavy (non-hydrogen) atoms. The number of rotatable bonds is 6. The van der Waals surface area contributed by atoms with Crippen LogP contribution in [0, 0.1) is 12.7 Å². The Morgan fingerprint density at radius 2 is 1.89 bits per heavy atom. The highest BCUT2D eigenvalue weighted by Gasteiger charge is 2.28. The number of hydrogen-bond acceptors (Lipinski definition) is 7. The predicted molar refractivity (Wildman–Crippen MR) is 129 cm³/mol. The Morgan fingerprint density at radius 3 is 2.60 bits per heavy atom. The van der Waals surface area contributed by atoms with Crippen molar-refractivity contribution >= 4 is 11.7 Å². The van der Waals surface area contributed by atoms with Gasteiger partial charge in [0.1, 0.15) is 30.3 Å². The molecule has 10 heteroatoms. The number of hydrogen-bond donors (Lipinski definition) is 0. The fourth-order valence-electron chi connectivity index (χ4n) is 4.89. The van der Waals surface area contributed by atoms with Crippen molar-refractivity contribution < 1.29 is 13.9 Å². The molecule has 9 nitrogen and oxygen atoms in total. The van der Waals surface area contributed by atoms with Crippen molar-refractivity contribution in [3.8, 4) is 17.3 Å². The summed E-state index contributed by atoms with van der Waals surface area (Å²) in [6, 6.07) is 6.71. The number of anilines is 1. The van der Waals surface area contributed by atoms with Crippen LogP contribution in [0.3, 0.4) is 0 Å². The van der Waals surface area contributed by atoms with Crippen LogP contribution in [0.15, 0.2) is 30.6 Å². The van der Waals surface area contributed by atoms with E-state index in [1.54, 1.807) is 36.9 Å². The first kappa shape index (κ1) is 23.2. The molecule has 1 aliphatic carbocycles. The van der Waals surface area contributed by atoms with Gasteiger partial charge in [-0.25, -0.2) is 24.0 Å². The van der Waals surface area contributed by atoms with Crippen molar-refractivity contribution in [2.75, 3.05) is 38.2 Å². The molecule has 0 N–H and O–H groups in total. The van der Waals surface area contributed by atoms with Gasteiger partial charge in [0.05, 0.1) is 7.11 Å². The zero-order valence-corrected chi connectivity index (χ0v) is 20.2. The van der Waals surface area contributed by atoms with Crippen LogP contribution in [0.1, 0.15) is 43.0 Å². The van der Waals surface area contributed by atoms with Gasteiger partial charge in [-0.3, -0.25) is 4.79 Å². The van der Waals surface area contributed by atoms with E-state index >= 15 is 0 Å². The van der Waals surface area contributed by atoms with Crippen molar-refractivity contribution in [3.63, 3.8) is 0 Å². The van der Waals surface area contributed by atoms with E-state index in [4.69, 9.17) is 14.8 Å². The van der Waals surface area contributed by atoms with Gasteiger partial charge < -0.3 is 14.5 Å². The van der Waals surface area contributed by atoms with Gasteiger partial charge in [-0.15, -0.1) is 0 Å². The smallest absolute Gasteiger partial charge is 0.244 e. The number of ether oxygens (including phenoxy) is 1. The Labute approximate surface area is 204 Å². The summed E-state index contributed by atoms with van der Waals surface area (Å²) in [6.07, 6.45) is 5.91. The SMILES string of the molecule is COc1cc(N2CCN(C(=O)Cn3nc(-c4ccc(F)c(C)c4)nc3C3CCCC3)CC2)ncn1. The van der Waals surface area contributed by atoms with Gasteiger partial charge in [-0.05, 0) is 43.5 Å². The Kier molecular flexibility index (Phi) is 6.61. The molecule has 2 fully saturated rings. The van der Waals surface area contributed by atoms with Crippen molar-refractivity contribution in [1.82, 2.24) is 29.6 Å². The van der Waals surface area contributed by atoms with Gasteiger partial charge >= 0.3 is 0 Å². The van der Waals surface area contributed by atoms with E-state index in [1.165, 1.54) is 12.4 Å². The lowest BCUT2D eigenvalue weighted by atomic mass is 10.1. The number of benzene rings is 1. The lowest BCUT2D eigenvalue weighted by Crippen LogP contribution is -2.50. The monoisotopic (exact) mass is 479 g/mol. The van der Waals surface area contributed by atoms with Gasteiger partial charge in [0.15, 0.2) is 5.82 Å². The topological polar surface area (TPSA) is 89.3 Å². The average Bonchev–Trinajstić information content (AvgIpc) is 3.56.